The summed E-state index contributed by atoms with van der Waals surface area (Å²) in [7, 11) is -3.88. The van der Waals surface area contributed by atoms with Crippen molar-refractivity contribution in [1.82, 2.24) is 9.97 Å². The van der Waals surface area contributed by atoms with Crippen LogP contribution in [0.1, 0.15) is 21.6 Å². The van der Waals surface area contributed by atoms with Gasteiger partial charge in [0, 0.05) is 11.9 Å². The molecule has 1 heterocycles. The first-order valence-electron chi connectivity index (χ1n) is 5.91. The lowest BCUT2D eigenvalue weighted by atomic mass is 10.1. The molecule has 0 saturated carbocycles. The molecule has 0 bridgehead atoms. The van der Waals surface area contributed by atoms with Crippen molar-refractivity contribution in [2.75, 3.05) is 5.32 Å². The predicted octanol–water partition coefficient (Wildman–Crippen LogP) is 0.220. The number of anilines is 1. The van der Waals surface area contributed by atoms with Crippen molar-refractivity contribution in [3.63, 3.8) is 0 Å². The SMILES string of the molecule is Cc1cc(S(N)(=O)=O)cc(NC(=O)c2c[nH]c(=O)[nH]2)c1C. The number of nitrogens with two attached hydrogens (primary N) is 1. The first-order valence-corrected chi connectivity index (χ1v) is 7.46. The molecule has 0 aliphatic heterocycles. The smallest absolute Gasteiger partial charge is 0.320 e. The van der Waals surface area contributed by atoms with Crippen LogP contribution in [-0.2, 0) is 10.0 Å². The van der Waals surface area contributed by atoms with E-state index in [1.54, 1.807) is 13.8 Å². The van der Waals surface area contributed by atoms with Gasteiger partial charge >= 0.3 is 5.69 Å². The number of benzene rings is 1. The van der Waals surface area contributed by atoms with Crippen LogP contribution in [0.2, 0.25) is 0 Å². The molecule has 21 heavy (non-hydrogen) atoms. The molecule has 5 N–H and O–H groups in total. The normalized spacial score (nSPS) is 11.4. The second-order valence-corrected chi connectivity index (χ2v) is 6.13. The standard InChI is InChI=1S/C12H14N4O4S/c1-6-3-8(21(13,19)20)4-9(7(6)2)15-11(17)10-5-14-12(18)16-10/h3-5H,1-2H3,(H,15,17)(H2,13,19,20)(H2,14,16,18). The first kappa shape index (κ1) is 15.0. The predicted molar refractivity (Wildman–Crippen MR) is 76.7 cm³/mol. The van der Waals surface area contributed by atoms with Crippen molar-refractivity contribution in [1.29, 1.82) is 0 Å². The van der Waals surface area contributed by atoms with Gasteiger partial charge in [-0.2, -0.15) is 0 Å². The monoisotopic (exact) mass is 310 g/mol. The van der Waals surface area contributed by atoms with E-state index >= 15 is 0 Å². The Balaban J connectivity index is 2.42. The topological polar surface area (TPSA) is 138 Å². The van der Waals surface area contributed by atoms with Crippen LogP contribution in [-0.4, -0.2) is 24.3 Å². The number of sulfonamides is 1. The van der Waals surface area contributed by atoms with Gasteiger partial charge in [-0.3, -0.25) is 4.79 Å². The molecule has 0 atom stereocenters. The average Bonchev–Trinajstić information content (AvgIpc) is 2.80. The van der Waals surface area contributed by atoms with E-state index in [1.165, 1.54) is 18.3 Å². The molecule has 2 aromatic rings. The second kappa shape index (κ2) is 5.19. The maximum absolute atomic E-state index is 12.0. The van der Waals surface area contributed by atoms with Crippen molar-refractivity contribution in [3.8, 4) is 0 Å². The van der Waals surface area contributed by atoms with E-state index in [9.17, 15) is 18.0 Å². The Kier molecular flexibility index (Phi) is 3.71. The summed E-state index contributed by atoms with van der Waals surface area (Å²) in [6.45, 7) is 3.44. The van der Waals surface area contributed by atoms with Crippen molar-refractivity contribution in [2.45, 2.75) is 18.7 Å². The molecule has 1 aromatic carbocycles. The summed E-state index contributed by atoms with van der Waals surface area (Å²) in [4.78, 5) is 27.5. The number of rotatable bonds is 3. The molecule has 8 nitrogen and oxygen atoms in total. The summed E-state index contributed by atoms with van der Waals surface area (Å²) in [5.74, 6) is -0.567. The number of carbonyl (C=O) groups is 1. The van der Waals surface area contributed by atoms with Crippen molar-refractivity contribution >= 4 is 21.6 Å². The fraction of sp³-hybridized carbons (Fsp3) is 0.167. The molecule has 0 aliphatic carbocycles. The zero-order valence-electron chi connectivity index (χ0n) is 11.4. The van der Waals surface area contributed by atoms with E-state index in [0.717, 1.165) is 0 Å². The summed E-state index contributed by atoms with van der Waals surface area (Å²) in [6.07, 6.45) is 1.23. The summed E-state index contributed by atoms with van der Waals surface area (Å²) in [5.41, 5.74) is 1.21. The minimum Gasteiger partial charge on any atom is -0.320 e. The molecule has 0 unspecified atom stereocenters. The molecule has 9 heteroatoms. The number of primary sulfonamides is 1. The van der Waals surface area contributed by atoms with Crippen LogP contribution in [0.5, 0.6) is 0 Å². The lowest BCUT2D eigenvalue weighted by molar-refractivity contribution is 0.102. The summed E-state index contributed by atoms with van der Waals surface area (Å²) < 4.78 is 22.8. The molecule has 112 valence electrons. The van der Waals surface area contributed by atoms with Gasteiger partial charge in [0.1, 0.15) is 5.69 Å². The number of aryl methyl sites for hydroxylation is 1. The zero-order chi connectivity index (χ0) is 15.8. The number of H-pyrrole nitrogens is 2. The van der Waals surface area contributed by atoms with E-state index in [0.29, 0.717) is 16.8 Å². The van der Waals surface area contributed by atoms with Gasteiger partial charge in [0.2, 0.25) is 10.0 Å². The maximum Gasteiger partial charge on any atom is 0.323 e. The van der Waals surface area contributed by atoms with E-state index in [4.69, 9.17) is 5.14 Å². The van der Waals surface area contributed by atoms with E-state index in [2.05, 4.69) is 15.3 Å². The van der Waals surface area contributed by atoms with Gasteiger partial charge in [-0.25, -0.2) is 18.4 Å². The van der Waals surface area contributed by atoms with E-state index in [1.807, 2.05) is 0 Å². The Hall–Kier alpha value is -2.39. The summed E-state index contributed by atoms with van der Waals surface area (Å²) >= 11 is 0. The Bertz CT molecular complexity index is 864. The number of imidazole rings is 1. The van der Waals surface area contributed by atoms with Gasteiger partial charge in [0.15, 0.2) is 0 Å². The lowest BCUT2D eigenvalue weighted by Gasteiger charge is -2.12. The van der Waals surface area contributed by atoms with Gasteiger partial charge < -0.3 is 15.3 Å². The summed E-state index contributed by atoms with van der Waals surface area (Å²) in [6, 6.07) is 2.71. The molecule has 1 amide bonds. The third-order valence-electron chi connectivity index (χ3n) is 3.06. The molecule has 0 saturated heterocycles. The fourth-order valence-electron chi connectivity index (χ4n) is 1.76. The Morgan fingerprint density at radius 1 is 1.29 bits per heavy atom. The van der Waals surface area contributed by atoms with Gasteiger partial charge in [0.25, 0.3) is 5.91 Å². The van der Waals surface area contributed by atoms with Crippen molar-refractivity contribution in [2.24, 2.45) is 5.14 Å². The number of amides is 1. The van der Waals surface area contributed by atoms with Crippen LogP contribution in [0.25, 0.3) is 0 Å². The van der Waals surface area contributed by atoms with Gasteiger partial charge in [-0.1, -0.05) is 0 Å². The first-order chi connectivity index (χ1) is 9.68. The average molecular weight is 310 g/mol. The Morgan fingerprint density at radius 2 is 1.95 bits per heavy atom. The summed E-state index contributed by atoms with van der Waals surface area (Å²) in [5, 5.41) is 7.64. The maximum atomic E-state index is 12.0. The third-order valence-corrected chi connectivity index (χ3v) is 3.95. The van der Waals surface area contributed by atoms with Crippen LogP contribution >= 0.6 is 0 Å². The number of aromatic amines is 2. The molecular weight excluding hydrogens is 296 g/mol. The van der Waals surface area contributed by atoms with Crippen LogP contribution < -0.4 is 16.1 Å². The van der Waals surface area contributed by atoms with Gasteiger partial charge in [-0.05, 0) is 37.1 Å². The van der Waals surface area contributed by atoms with Crippen LogP contribution in [0, 0.1) is 13.8 Å². The van der Waals surface area contributed by atoms with E-state index in [-0.39, 0.29) is 10.6 Å². The lowest BCUT2D eigenvalue weighted by Crippen LogP contribution is -2.17. The highest BCUT2D eigenvalue weighted by molar-refractivity contribution is 7.89. The molecule has 0 fully saturated rings. The molecular formula is C12H14N4O4S. The second-order valence-electron chi connectivity index (χ2n) is 4.57. The van der Waals surface area contributed by atoms with Gasteiger partial charge in [0.05, 0.1) is 4.90 Å². The Morgan fingerprint density at radius 3 is 2.48 bits per heavy atom. The van der Waals surface area contributed by atoms with Crippen molar-refractivity contribution in [3.05, 3.63) is 45.6 Å². The largest absolute Gasteiger partial charge is 0.323 e. The van der Waals surface area contributed by atoms with Crippen LogP contribution in [0.4, 0.5) is 5.69 Å². The van der Waals surface area contributed by atoms with E-state index < -0.39 is 21.6 Å². The zero-order valence-corrected chi connectivity index (χ0v) is 12.2. The number of carbonyl (C=O) groups excluding carboxylic acids is 1. The minimum atomic E-state index is -3.88. The molecule has 0 radical (unpaired) electrons. The fourth-order valence-corrected chi connectivity index (χ4v) is 2.39. The third kappa shape index (κ3) is 3.20. The van der Waals surface area contributed by atoms with Crippen LogP contribution in [0.15, 0.2) is 28.0 Å². The Labute approximate surface area is 120 Å². The molecule has 2 rings (SSSR count). The number of nitrogens with one attached hydrogen (secondary N) is 3. The molecule has 0 spiro atoms. The quantitative estimate of drug-likeness (QED) is 0.644. The minimum absolute atomic E-state index is 0.0399. The number of aromatic nitrogens is 2. The highest BCUT2D eigenvalue weighted by Gasteiger charge is 2.15. The van der Waals surface area contributed by atoms with Crippen molar-refractivity contribution < 1.29 is 13.2 Å². The highest BCUT2D eigenvalue weighted by atomic mass is 32.2. The molecule has 1 aromatic heterocycles. The molecule has 0 aliphatic rings. The highest BCUT2D eigenvalue weighted by Crippen LogP contribution is 2.23. The number of hydrogen-bond acceptors (Lipinski definition) is 4. The van der Waals surface area contributed by atoms with Crippen LogP contribution in [0.3, 0.4) is 0 Å². The number of hydrogen-bond donors (Lipinski definition) is 4. The van der Waals surface area contributed by atoms with Gasteiger partial charge in [-0.15, -0.1) is 0 Å².